The van der Waals surface area contributed by atoms with Crippen LogP contribution in [0.25, 0.3) is 0 Å². The number of ether oxygens (including phenoxy) is 2. The van der Waals surface area contributed by atoms with Crippen LogP contribution in [0.15, 0.2) is 0 Å². The topological polar surface area (TPSA) is 88.1 Å². The van der Waals surface area contributed by atoms with Gasteiger partial charge in [0.1, 0.15) is 0 Å². The van der Waals surface area contributed by atoms with E-state index in [0.29, 0.717) is 45.9 Å². The number of hydrogen-bond acceptors (Lipinski definition) is 5. The lowest BCUT2D eigenvalue weighted by molar-refractivity contribution is 0.0722. The molecule has 1 aliphatic rings. The van der Waals surface area contributed by atoms with E-state index in [0.717, 1.165) is 0 Å². The number of aliphatic hydroxyl groups is 1. The molecule has 0 bridgehead atoms. The molecule has 8 heteroatoms. The van der Waals surface area contributed by atoms with Crippen molar-refractivity contribution in [3.63, 3.8) is 0 Å². The molecule has 0 aromatic heterocycles. The zero-order chi connectivity index (χ0) is 12.6. The molecule has 0 atom stereocenters. The molecule has 0 unspecified atom stereocenters. The molecule has 1 aliphatic heterocycles. The van der Waals surface area contributed by atoms with Gasteiger partial charge in [0.25, 0.3) is 10.2 Å². The first-order valence-electron chi connectivity index (χ1n) is 5.68. The molecular formula is C9H20N2O5S. The van der Waals surface area contributed by atoms with E-state index >= 15 is 0 Å². The van der Waals surface area contributed by atoms with Crippen LogP contribution in [-0.2, 0) is 19.7 Å². The highest BCUT2D eigenvalue weighted by Crippen LogP contribution is 2.02. The van der Waals surface area contributed by atoms with E-state index in [1.165, 1.54) is 4.31 Å². The third-order valence-electron chi connectivity index (χ3n) is 2.30. The lowest BCUT2D eigenvalue weighted by Crippen LogP contribution is -2.46. The fraction of sp³-hybridized carbons (Fsp3) is 1.00. The van der Waals surface area contributed by atoms with Crippen molar-refractivity contribution in [2.75, 3.05) is 52.7 Å². The highest BCUT2D eigenvalue weighted by Gasteiger charge is 2.23. The molecule has 1 fully saturated rings. The van der Waals surface area contributed by atoms with Crippen molar-refractivity contribution in [2.45, 2.75) is 6.42 Å². The highest BCUT2D eigenvalue weighted by molar-refractivity contribution is 7.87. The summed E-state index contributed by atoms with van der Waals surface area (Å²) in [5.41, 5.74) is 0. The van der Waals surface area contributed by atoms with Crippen LogP contribution >= 0.6 is 0 Å². The van der Waals surface area contributed by atoms with Crippen molar-refractivity contribution in [1.29, 1.82) is 0 Å². The number of morpholine rings is 1. The van der Waals surface area contributed by atoms with E-state index in [1.807, 2.05) is 0 Å². The second kappa shape index (κ2) is 7.96. The Morgan fingerprint density at radius 1 is 1.29 bits per heavy atom. The first-order valence-corrected chi connectivity index (χ1v) is 7.12. The van der Waals surface area contributed by atoms with Crippen LogP contribution in [0.2, 0.25) is 0 Å². The molecule has 7 nitrogen and oxygen atoms in total. The minimum atomic E-state index is -3.38. The largest absolute Gasteiger partial charge is 0.394 e. The molecule has 17 heavy (non-hydrogen) atoms. The SMILES string of the molecule is O=S(=O)(NCCCOCCO)N1CCOCC1. The predicted molar refractivity (Wildman–Crippen MR) is 61.8 cm³/mol. The van der Waals surface area contributed by atoms with Gasteiger partial charge in [0.2, 0.25) is 0 Å². The quantitative estimate of drug-likeness (QED) is 0.526. The molecule has 0 amide bonds. The van der Waals surface area contributed by atoms with Crippen molar-refractivity contribution in [3.05, 3.63) is 0 Å². The molecule has 0 aliphatic carbocycles. The van der Waals surface area contributed by atoms with Gasteiger partial charge in [-0.25, -0.2) is 4.72 Å². The maximum absolute atomic E-state index is 11.8. The monoisotopic (exact) mass is 268 g/mol. The van der Waals surface area contributed by atoms with E-state index in [1.54, 1.807) is 0 Å². The van der Waals surface area contributed by atoms with E-state index in [-0.39, 0.29) is 13.2 Å². The second-order valence-corrected chi connectivity index (χ2v) is 5.36. The average Bonchev–Trinajstić information content (AvgIpc) is 2.35. The predicted octanol–water partition coefficient (Wildman–Crippen LogP) is -1.45. The van der Waals surface area contributed by atoms with Gasteiger partial charge >= 0.3 is 0 Å². The van der Waals surface area contributed by atoms with Gasteiger partial charge in [0.15, 0.2) is 0 Å². The molecule has 102 valence electrons. The minimum absolute atomic E-state index is 0.0144. The molecule has 0 saturated carbocycles. The Hall–Kier alpha value is -0.250. The molecule has 2 N–H and O–H groups in total. The van der Waals surface area contributed by atoms with Gasteiger partial charge in [-0.3, -0.25) is 0 Å². The Bertz CT molecular complexity index is 290. The molecule has 0 spiro atoms. The normalized spacial score (nSPS) is 18.4. The highest BCUT2D eigenvalue weighted by atomic mass is 32.2. The number of aliphatic hydroxyl groups excluding tert-OH is 1. The van der Waals surface area contributed by atoms with Gasteiger partial charge in [0.05, 0.1) is 26.4 Å². The lowest BCUT2D eigenvalue weighted by Gasteiger charge is -2.26. The van der Waals surface area contributed by atoms with Crippen LogP contribution in [0.3, 0.4) is 0 Å². The molecule has 0 radical (unpaired) electrons. The van der Waals surface area contributed by atoms with E-state index < -0.39 is 10.2 Å². The fourth-order valence-corrected chi connectivity index (χ4v) is 2.63. The van der Waals surface area contributed by atoms with E-state index in [4.69, 9.17) is 14.6 Å². The van der Waals surface area contributed by atoms with E-state index in [2.05, 4.69) is 4.72 Å². The standard InChI is InChI=1S/C9H20N2O5S/c12-5-9-15-6-1-2-10-17(13,14)11-3-7-16-8-4-11/h10,12H,1-9H2. The second-order valence-electron chi connectivity index (χ2n) is 3.60. The third kappa shape index (κ3) is 5.75. The van der Waals surface area contributed by atoms with Crippen molar-refractivity contribution >= 4 is 10.2 Å². The van der Waals surface area contributed by atoms with Crippen LogP contribution in [-0.4, -0.2) is 70.5 Å². The Kier molecular flexibility index (Phi) is 6.93. The van der Waals surface area contributed by atoms with Gasteiger partial charge in [-0.2, -0.15) is 12.7 Å². The number of hydrogen-bond donors (Lipinski definition) is 2. The first-order chi connectivity index (χ1) is 8.17. The molecule has 1 saturated heterocycles. The summed E-state index contributed by atoms with van der Waals surface area (Å²) < 4.78 is 37.5. The van der Waals surface area contributed by atoms with Gasteiger partial charge in [-0.05, 0) is 6.42 Å². The summed E-state index contributed by atoms with van der Waals surface area (Å²) in [5.74, 6) is 0. The Labute approximate surface area is 102 Å². The lowest BCUT2D eigenvalue weighted by atomic mass is 10.5. The summed E-state index contributed by atoms with van der Waals surface area (Å²) in [7, 11) is -3.38. The maximum Gasteiger partial charge on any atom is 0.279 e. The summed E-state index contributed by atoms with van der Waals surface area (Å²) in [6.07, 6.45) is 0.587. The number of rotatable bonds is 8. The summed E-state index contributed by atoms with van der Waals surface area (Å²) in [5, 5.41) is 8.47. The molecule has 0 aromatic carbocycles. The minimum Gasteiger partial charge on any atom is -0.394 e. The Morgan fingerprint density at radius 2 is 2.00 bits per heavy atom. The van der Waals surface area contributed by atoms with Crippen LogP contribution in [0.4, 0.5) is 0 Å². The molecule has 1 rings (SSSR count). The van der Waals surface area contributed by atoms with Crippen LogP contribution in [0, 0.1) is 0 Å². The molecule has 0 aromatic rings. The van der Waals surface area contributed by atoms with Gasteiger partial charge in [-0.15, -0.1) is 0 Å². The average molecular weight is 268 g/mol. The van der Waals surface area contributed by atoms with Crippen LogP contribution in [0.1, 0.15) is 6.42 Å². The van der Waals surface area contributed by atoms with Crippen molar-refractivity contribution in [2.24, 2.45) is 0 Å². The van der Waals surface area contributed by atoms with Gasteiger partial charge < -0.3 is 14.6 Å². The maximum atomic E-state index is 11.8. The van der Waals surface area contributed by atoms with E-state index in [9.17, 15) is 8.42 Å². The number of nitrogens with zero attached hydrogens (tertiary/aromatic N) is 1. The van der Waals surface area contributed by atoms with Crippen molar-refractivity contribution in [1.82, 2.24) is 9.03 Å². The van der Waals surface area contributed by atoms with Gasteiger partial charge in [0, 0.05) is 26.2 Å². The van der Waals surface area contributed by atoms with Crippen LogP contribution in [0.5, 0.6) is 0 Å². The Balaban J connectivity index is 2.15. The molecule has 1 heterocycles. The summed E-state index contributed by atoms with van der Waals surface area (Å²) in [6, 6.07) is 0. The smallest absolute Gasteiger partial charge is 0.279 e. The summed E-state index contributed by atoms with van der Waals surface area (Å²) in [4.78, 5) is 0. The number of nitrogens with one attached hydrogen (secondary N) is 1. The Morgan fingerprint density at radius 3 is 2.65 bits per heavy atom. The fourth-order valence-electron chi connectivity index (χ4n) is 1.42. The first kappa shape index (κ1) is 14.8. The van der Waals surface area contributed by atoms with Gasteiger partial charge in [-0.1, -0.05) is 0 Å². The van der Waals surface area contributed by atoms with Crippen LogP contribution < -0.4 is 4.72 Å². The summed E-state index contributed by atoms with van der Waals surface area (Å²) >= 11 is 0. The third-order valence-corrected chi connectivity index (χ3v) is 3.91. The van der Waals surface area contributed by atoms with Crippen molar-refractivity contribution in [3.8, 4) is 0 Å². The summed E-state index contributed by atoms with van der Waals surface area (Å²) in [6.45, 7) is 2.74. The zero-order valence-electron chi connectivity index (χ0n) is 9.80. The zero-order valence-corrected chi connectivity index (χ0v) is 10.6. The molecular weight excluding hydrogens is 248 g/mol. The van der Waals surface area contributed by atoms with Crippen molar-refractivity contribution < 1.29 is 23.0 Å².